The van der Waals surface area contributed by atoms with Crippen molar-refractivity contribution in [2.45, 2.75) is 10.8 Å². The third-order valence-corrected chi connectivity index (χ3v) is 5.64. The normalized spacial score (nSPS) is 10.5. The molecule has 0 saturated heterocycles. The Labute approximate surface area is 177 Å². The van der Waals surface area contributed by atoms with E-state index in [9.17, 15) is 4.79 Å². The Morgan fingerprint density at radius 3 is 2.59 bits per heavy atom. The quantitative estimate of drug-likeness (QED) is 0.346. The summed E-state index contributed by atoms with van der Waals surface area (Å²) in [5.74, 6) is 1.84. The van der Waals surface area contributed by atoms with Gasteiger partial charge in [0.25, 0.3) is 0 Å². The summed E-state index contributed by atoms with van der Waals surface area (Å²) in [6.07, 6.45) is 0.801. The van der Waals surface area contributed by atoms with Gasteiger partial charge in [-0.3, -0.25) is 4.79 Å². The van der Waals surface area contributed by atoms with E-state index in [0.717, 1.165) is 27.9 Å². The van der Waals surface area contributed by atoms with E-state index in [1.54, 1.807) is 7.11 Å². The number of hydrogen-bond donors (Lipinski definition) is 2. The predicted octanol–water partition coefficient (Wildman–Crippen LogP) is 4.32. The van der Waals surface area contributed by atoms with Crippen LogP contribution in [0, 0.1) is 0 Å². The van der Waals surface area contributed by atoms with Crippen LogP contribution in [0.1, 0.15) is 6.42 Å². The van der Waals surface area contributed by atoms with Gasteiger partial charge in [0.2, 0.25) is 11.0 Å². The molecule has 29 heavy (non-hydrogen) atoms. The minimum absolute atomic E-state index is 0.0233. The maximum atomic E-state index is 11.8. The van der Waals surface area contributed by atoms with Crippen molar-refractivity contribution >= 4 is 39.8 Å². The first-order valence-electron chi connectivity index (χ1n) is 9.05. The lowest BCUT2D eigenvalue weighted by Crippen LogP contribution is -2.26. The van der Waals surface area contributed by atoms with Crippen LogP contribution in [0.4, 0.5) is 10.8 Å². The molecule has 0 aliphatic heterocycles. The number of amides is 1. The SMILES string of the molecule is COCCCNC(=O)CSc1nnc(Nc2ccc(Oc3ccccc3)cc2)s1. The zero-order valence-corrected chi connectivity index (χ0v) is 17.6. The van der Waals surface area contributed by atoms with Gasteiger partial charge in [-0.1, -0.05) is 41.3 Å². The molecule has 0 spiro atoms. The number of nitrogens with zero attached hydrogens (tertiary/aromatic N) is 2. The van der Waals surface area contributed by atoms with Crippen LogP contribution < -0.4 is 15.4 Å². The Bertz CT molecular complexity index is 888. The molecule has 1 heterocycles. The molecule has 152 valence electrons. The van der Waals surface area contributed by atoms with Crippen molar-refractivity contribution in [3.8, 4) is 11.5 Å². The van der Waals surface area contributed by atoms with Crippen LogP contribution in [0.3, 0.4) is 0 Å². The van der Waals surface area contributed by atoms with Gasteiger partial charge in [-0.15, -0.1) is 10.2 Å². The molecular formula is C20H22N4O3S2. The van der Waals surface area contributed by atoms with Gasteiger partial charge in [-0.2, -0.15) is 0 Å². The highest BCUT2D eigenvalue weighted by atomic mass is 32.2. The van der Waals surface area contributed by atoms with E-state index in [-0.39, 0.29) is 5.91 Å². The lowest BCUT2D eigenvalue weighted by atomic mass is 10.3. The second-order valence-electron chi connectivity index (χ2n) is 5.92. The molecule has 7 nitrogen and oxygen atoms in total. The van der Waals surface area contributed by atoms with E-state index >= 15 is 0 Å². The fraction of sp³-hybridized carbons (Fsp3) is 0.250. The number of carbonyl (C=O) groups is 1. The molecule has 2 N–H and O–H groups in total. The molecule has 9 heteroatoms. The van der Waals surface area contributed by atoms with Crippen molar-refractivity contribution in [3.63, 3.8) is 0 Å². The van der Waals surface area contributed by atoms with E-state index in [1.165, 1.54) is 23.1 Å². The highest BCUT2D eigenvalue weighted by Gasteiger charge is 2.08. The summed E-state index contributed by atoms with van der Waals surface area (Å²) in [5.41, 5.74) is 0.883. The second-order valence-corrected chi connectivity index (χ2v) is 8.12. The smallest absolute Gasteiger partial charge is 0.230 e. The number of para-hydroxylation sites is 1. The van der Waals surface area contributed by atoms with Crippen molar-refractivity contribution in [3.05, 3.63) is 54.6 Å². The number of hydrogen-bond acceptors (Lipinski definition) is 8. The average Bonchev–Trinajstić information content (AvgIpc) is 3.19. The van der Waals surface area contributed by atoms with E-state index in [0.29, 0.717) is 24.0 Å². The van der Waals surface area contributed by atoms with Gasteiger partial charge < -0.3 is 20.1 Å². The minimum atomic E-state index is -0.0233. The number of nitrogens with one attached hydrogen (secondary N) is 2. The number of anilines is 2. The molecule has 0 unspecified atom stereocenters. The molecule has 0 aliphatic rings. The molecule has 3 aromatic rings. The third-order valence-electron chi connectivity index (χ3n) is 3.67. The third kappa shape index (κ3) is 7.37. The average molecular weight is 431 g/mol. The van der Waals surface area contributed by atoms with Crippen LogP contribution in [0.5, 0.6) is 11.5 Å². The molecular weight excluding hydrogens is 408 g/mol. The Hall–Kier alpha value is -2.62. The maximum Gasteiger partial charge on any atom is 0.230 e. The highest BCUT2D eigenvalue weighted by Crippen LogP contribution is 2.29. The molecule has 0 bridgehead atoms. The van der Waals surface area contributed by atoms with Crippen LogP contribution in [-0.4, -0.2) is 42.1 Å². The summed E-state index contributed by atoms with van der Waals surface area (Å²) in [4.78, 5) is 11.8. The standard InChI is InChI=1S/C20H22N4O3S2/c1-26-13-5-12-21-18(25)14-28-20-24-23-19(29-20)22-15-8-10-17(11-9-15)27-16-6-3-2-4-7-16/h2-4,6-11H,5,12-14H2,1H3,(H,21,25)(H,22,23). The van der Waals surface area contributed by atoms with Gasteiger partial charge in [0, 0.05) is 25.9 Å². The molecule has 1 amide bonds. The van der Waals surface area contributed by atoms with Crippen LogP contribution >= 0.6 is 23.1 Å². The van der Waals surface area contributed by atoms with E-state index < -0.39 is 0 Å². The summed E-state index contributed by atoms with van der Waals surface area (Å²) in [7, 11) is 1.64. The lowest BCUT2D eigenvalue weighted by Gasteiger charge is -2.06. The van der Waals surface area contributed by atoms with Crippen LogP contribution in [0.2, 0.25) is 0 Å². The number of carbonyl (C=O) groups excluding carboxylic acids is 1. The first kappa shape index (κ1) is 21.1. The molecule has 0 saturated carbocycles. The Morgan fingerprint density at radius 2 is 1.83 bits per heavy atom. The molecule has 0 atom stereocenters. The van der Waals surface area contributed by atoms with Gasteiger partial charge in [-0.25, -0.2) is 0 Å². The Morgan fingerprint density at radius 1 is 1.07 bits per heavy atom. The topological polar surface area (TPSA) is 85.4 Å². The van der Waals surface area contributed by atoms with Crippen molar-refractivity contribution in [1.29, 1.82) is 0 Å². The maximum absolute atomic E-state index is 11.8. The van der Waals surface area contributed by atoms with Crippen LogP contribution in [0.15, 0.2) is 58.9 Å². The number of rotatable bonds is 11. The van der Waals surface area contributed by atoms with Crippen molar-refractivity contribution in [1.82, 2.24) is 15.5 Å². The first-order chi connectivity index (χ1) is 14.2. The summed E-state index contributed by atoms with van der Waals surface area (Å²) in [6.45, 7) is 1.25. The van der Waals surface area contributed by atoms with E-state index in [1.807, 2.05) is 54.6 Å². The summed E-state index contributed by atoms with van der Waals surface area (Å²) >= 11 is 2.78. The minimum Gasteiger partial charge on any atom is -0.457 e. The van der Waals surface area contributed by atoms with Gasteiger partial charge in [-0.05, 0) is 42.8 Å². The van der Waals surface area contributed by atoms with Crippen LogP contribution in [0.25, 0.3) is 0 Å². The molecule has 0 aliphatic carbocycles. The summed E-state index contributed by atoms with van der Waals surface area (Å²) in [6, 6.07) is 17.2. The first-order valence-corrected chi connectivity index (χ1v) is 10.8. The van der Waals surface area contributed by atoms with Crippen molar-refractivity contribution in [2.75, 3.05) is 31.3 Å². The molecule has 0 fully saturated rings. The summed E-state index contributed by atoms with van der Waals surface area (Å²) < 4.78 is 11.5. The van der Waals surface area contributed by atoms with Crippen LogP contribution in [-0.2, 0) is 9.53 Å². The number of benzene rings is 2. The number of ether oxygens (including phenoxy) is 2. The fourth-order valence-electron chi connectivity index (χ4n) is 2.30. The zero-order valence-electron chi connectivity index (χ0n) is 16.0. The summed E-state index contributed by atoms with van der Waals surface area (Å²) in [5, 5.41) is 15.0. The molecule has 3 rings (SSSR count). The second kappa shape index (κ2) is 11.4. The van der Waals surface area contributed by atoms with Gasteiger partial charge >= 0.3 is 0 Å². The zero-order chi connectivity index (χ0) is 20.3. The van der Waals surface area contributed by atoms with Gasteiger partial charge in [0.1, 0.15) is 11.5 Å². The lowest BCUT2D eigenvalue weighted by molar-refractivity contribution is -0.118. The van der Waals surface area contributed by atoms with Crippen molar-refractivity contribution in [2.24, 2.45) is 0 Å². The largest absolute Gasteiger partial charge is 0.457 e. The molecule has 2 aromatic carbocycles. The molecule has 1 aromatic heterocycles. The monoisotopic (exact) mass is 430 g/mol. The number of aromatic nitrogens is 2. The Balaban J connectivity index is 1.44. The van der Waals surface area contributed by atoms with Gasteiger partial charge in [0.05, 0.1) is 5.75 Å². The highest BCUT2D eigenvalue weighted by molar-refractivity contribution is 8.01. The predicted molar refractivity (Wildman–Crippen MR) is 116 cm³/mol. The van der Waals surface area contributed by atoms with Crippen molar-refractivity contribution < 1.29 is 14.3 Å². The Kier molecular flexibility index (Phi) is 8.29. The molecule has 0 radical (unpaired) electrons. The number of thioether (sulfide) groups is 1. The van der Waals surface area contributed by atoms with E-state index in [4.69, 9.17) is 9.47 Å². The fourth-order valence-corrected chi connectivity index (χ4v) is 3.90. The van der Waals surface area contributed by atoms with Gasteiger partial charge in [0.15, 0.2) is 4.34 Å². The van der Waals surface area contributed by atoms with E-state index in [2.05, 4.69) is 20.8 Å². The number of methoxy groups -OCH3 is 1.